The Morgan fingerprint density at radius 3 is 2.85 bits per heavy atom. The largest absolute Gasteiger partial charge is 0.490 e. The highest BCUT2D eigenvalue weighted by atomic mass is 16.5. The van der Waals surface area contributed by atoms with Crippen molar-refractivity contribution in [1.29, 1.82) is 0 Å². The van der Waals surface area contributed by atoms with Gasteiger partial charge < -0.3 is 19.9 Å². The van der Waals surface area contributed by atoms with Crippen LogP contribution in [0.1, 0.15) is 38.5 Å². The van der Waals surface area contributed by atoms with E-state index in [0.717, 1.165) is 30.7 Å². The number of rotatable bonds is 5. The van der Waals surface area contributed by atoms with Gasteiger partial charge >= 0.3 is 0 Å². The second-order valence-corrected chi connectivity index (χ2v) is 7.41. The molecule has 1 saturated carbocycles. The molecule has 6 heteroatoms. The van der Waals surface area contributed by atoms with E-state index < -0.39 is 0 Å². The number of anilines is 1. The van der Waals surface area contributed by atoms with E-state index >= 15 is 0 Å². The molecule has 0 saturated heterocycles. The molecule has 0 radical (unpaired) electrons. The first-order valence-electron chi connectivity index (χ1n) is 9.52. The van der Waals surface area contributed by atoms with E-state index in [2.05, 4.69) is 24.3 Å². The van der Waals surface area contributed by atoms with Gasteiger partial charge in [-0.25, -0.2) is 0 Å². The third kappa shape index (κ3) is 4.55. The number of carbonyl (C=O) groups excluding carboxylic acids is 2. The van der Waals surface area contributed by atoms with Gasteiger partial charge in [0.2, 0.25) is 11.8 Å². The molecule has 1 aliphatic heterocycles. The van der Waals surface area contributed by atoms with E-state index in [1.165, 1.54) is 6.42 Å². The highest BCUT2D eigenvalue weighted by molar-refractivity contribution is 5.97. The Labute approximate surface area is 155 Å². The fraction of sp³-hybridized carbons (Fsp3) is 0.600. The summed E-state index contributed by atoms with van der Waals surface area (Å²) in [6.07, 6.45) is 4.81. The Bertz CT molecular complexity index is 647. The van der Waals surface area contributed by atoms with Gasteiger partial charge in [-0.2, -0.15) is 0 Å². The Kier molecular flexibility index (Phi) is 6.14. The van der Waals surface area contributed by atoms with Crippen LogP contribution in [0.3, 0.4) is 0 Å². The molecule has 142 valence electrons. The molecule has 0 bridgehead atoms. The van der Waals surface area contributed by atoms with Crippen LogP contribution in [0.2, 0.25) is 0 Å². The molecule has 0 spiro atoms. The van der Waals surface area contributed by atoms with Crippen molar-refractivity contribution < 1.29 is 14.3 Å². The van der Waals surface area contributed by atoms with Crippen LogP contribution in [0, 0.1) is 0 Å². The zero-order chi connectivity index (χ0) is 18.5. The zero-order valence-electron chi connectivity index (χ0n) is 15.7. The summed E-state index contributed by atoms with van der Waals surface area (Å²) in [6.45, 7) is 1.02. The number of para-hydroxylation sites is 2. The molecule has 1 aromatic rings. The minimum Gasteiger partial charge on any atom is -0.490 e. The number of hydrogen-bond acceptors (Lipinski definition) is 4. The molecule has 1 fully saturated rings. The average Bonchev–Trinajstić information content (AvgIpc) is 2.66. The topological polar surface area (TPSA) is 61.9 Å². The lowest BCUT2D eigenvalue weighted by molar-refractivity contribution is -0.126. The maximum atomic E-state index is 12.6. The van der Waals surface area contributed by atoms with E-state index in [1.807, 2.05) is 24.3 Å². The molecule has 1 N–H and O–H groups in total. The Hall–Kier alpha value is -2.08. The van der Waals surface area contributed by atoms with E-state index in [9.17, 15) is 9.59 Å². The van der Waals surface area contributed by atoms with Crippen molar-refractivity contribution in [2.75, 3.05) is 32.1 Å². The van der Waals surface area contributed by atoms with Crippen LogP contribution in [-0.4, -0.2) is 56.0 Å². The standard InChI is InChI=1S/C20H29N3O3/c1-22(2)16-7-5-6-15(14-16)21-19(24)10-11-20(25)23-12-13-26-18-9-4-3-8-17(18)23/h3-4,8-9,15-16H,5-7,10-14H2,1-2H3,(H,21,24). The van der Waals surface area contributed by atoms with E-state index in [-0.39, 0.29) is 30.7 Å². The van der Waals surface area contributed by atoms with Crippen molar-refractivity contribution in [3.8, 4) is 5.75 Å². The van der Waals surface area contributed by atoms with Crippen LogP contribution >= 0.6 is 0 Å². The highest BCUT2D eigenvalue weighted by Gasteiger charge is 2.26. The van der Waals surface area contributed by atoms with Gasteiger partial charge in [0.1, 0.15) is 12.4 Å². The summed E-state index contributed by atoms with van der Waals surface area (Å²) in [4.78, 5) is 28.8. The first-order chi connectivity index (χ1) is 12.5. The molecule has 1 aromatic carbocycles. The Morgan fingerprint density at radius 2 is 2.04 bits per heavy atom. The van der Waals surface area contributed by atoms with Gasteiger partial charge in [-0.1, -0.05) is 12.1 Å². The number of amides is 2. The summed E-state index contributed by atoms with van der Waals surface area (Å²) in [7, 11) is 4.18. The second-order valence-electron chi connectivity index (χ2n) is 7.41. The molecule has 1 aliphatic carbocycles. The summed E-state index contributed by atoms with van der Waals surface area (Å²) < 4.78 is 5.58. The molecule has 3 rings (SSSR count). The first kappa shape index (κ1) is 18.7. The van der Waals surface area contributed by atoms with Gasteiger partial charge in [-0.05, 0) is 51.9 Å². The number of ether oxygens (including phenoxy) is 1. The third-order valence-corrected chi connectivity index (χ3v) is 5.34. The molecular weight excluding hydrogens is 330 g/mol. The SMILES string of the molecule is CN(C)C1CCCC(NC(=O)CCC(=O)N2CCOc3ccccc32)C1. The summed E-state index contributed by atoms with van der Waals surface area (Å²) >= 11 is 0. The normalized spacial score (nSPS) is 22.5. The maximum Gasteiger partial charge on any atom is 0.227 e. The summed E-state index contributed by atoms with van der Waals surface area (Å²) in [6, 6.07) is 8.29. The number of carbonyl (C=O) groups is 2. The molecule has 2 aliphatic rings. The van der Waals surface area contributed by atoms with Gasteiger partial charge in [0.05, 0.1) is 12.2 Å². The number of fused-ring (bicyclic) bond motifs is 1. The summed E-state index contributed by atoms with van der Waals surface area (Å²) in [5.74, 6) is 0.684. The molecule has 0 aromatic heterocycles. The minimum atomic E-state index is -0.0238. The lowest BCUT2D eigenvalue weighted by Crippen LogP contribution is -2.44. The Balaban J connectivity index is 1.48. The van der Waals surface area contributed by atoms with Gasteiger partial charge in [-0.15, -0.1) is 0 Å². The fourth-order valence-electron chi connectivity index (χ4n) is 3.85. The number of hydrogen-bond donors (Lipinski definition) is 1. The van der Waals surface area contributed by atoms with Crippen LogP contribution < -0.4 is 15.0 Å². The van der Waals surface area contributed by atoms with Gasteiger partial charge in [0, 0.05) is 24.9 Å². The molecular formula is C20H29N3O3. The lowest BCUT2D eigenvalue weighted by Gasteiger charge is -2.33. The molecule has 26 heavy (non-hydrogen) atoms. The molecule has 6 nitrogen and oxygen atoms in total. The maximum absolute atomic E-state index is 12.6. The van der Waals surface area contributed by atoms with Crippen LogP contribution in [-0.2, 0) is 9.59 Å². The average molecular weight is 359 g/mol. The quantitative estimate of drug-likeness (QED) is 0.875. The van der Waals surface area contributed by atoms with Crippen molar-refractivity contribution in [3.05, 3.63) is 24.3 Å². The van der Waals surface area contributed by atoms with E-state index in [1.54, 1.807) is 4.90 Å². The predicted octanol–water partition coefficient (Wildman–Crippen LogP) is 2.18. The number of benzene rings is 1. The minimum absolute atomic E-state index is 0.0225. The lowest BCUT2D eigenvalue weighted by atomic mass is 9.90. The summed E-state index contributed by atoms with van der Waals surface area (Å²) in [5, 5.41) is 3.12. The second kappa shape index (κ2) is 8.54. The van der Waals surface area contributed by atoms with Crippen LogP contribution in [0.15, 0.2) is 24.3 Å². The smallest absolute Gasteiger partial charge is 0.227 e. The van der Waals surface area contributed by atoms with Crippen molar-refractivity contribution in [2.24, 2.45) is 0 Å². The van der Waals surface area contributed by atoms with Gasteiger partial charge in [0.25, 0.3) is 0 Å². The zero-order valence-corrected chi connectivity index (χ0v) is 15.7. The highest BCUT2D eigenvalue weighted by Crippen LogP contribution is 2.31. The van der Waals surface area contributed by atoms with E-state index in [4.69, 9.17) is 4.74 Å². The van der Waals surface area contributed by atoms with Crippen molar-refractivity contribution in [2.45, 2.75) is 50.6 Å². The molecule has 2 unspecified atom stereocenters. The predicted molar refractivity (Wildman–Crippen MR) is 101 cm³/mol. The van der Waals surface area contributed by atoms with Crippen molar-refractivity contribution >= 4 is 17.5 Å². The van der Waals surface area contributed by atoms with Gasteiger partial charge in [-0.3, -0.25) is 9.59 Å². The Morgan fingerprint density at radius 1 is 1.23 bits per heavy atom. The number of nitrogens with one attached hydrogen (secondary N) is 1. The third-order valence-electron chi connectivity index (χ3n) is 5.34. The van der Waals surface area contributed by atoms with Crippen molar-refractivity contribution in [1.82, 2.24) is 10.2 Å². The monoisotopic (exact) mass is 359 g/mol. The van der Waals surface area contributed by atoms with Crippen LogP contribution in [0.25, 0.3) is 0 Å². The summed E-state index contributed by atoms with van der Waals surface area (Å²) in [5.41, 5.74) is 0.797. The first-order valence-corrected chi connectivity index (χ1v) is 9.52. The fourth-order valence-corrected chi connectivity index (χ4v) is 3.85. The van der Waals surface area contributed by atoms with Crippen LogP contribution in [0.5, 0.6) is 5.75 Å². The number of nitrogens with zero attached hydrogens (tertiary/aromatic N) is 2. The molecule has 2 amide bonds. The van der Waals surface area contributed by atoms with Crippen LogP contribution in [0.4, 0.5) is 5.69 Å². The molecule has 2 atom stereocenters. The molecule has 1 heterocycles. The van der Waals surface area contributed by atoms with Gasteiger partial charge in [0.15, 0.2) is 0 Å². The van der Waals surface area contributed by atoms with E-state index in [0.29, 0.717) is 19.2 Å². The van der Waals surface area contributed by atoms with Crippen molar-refractivity contribution in [3.63, 3.8) is 0 Å².